The van der Waals surface area contributed by atoms with E-state index in [1.165, 1.54) is 10.4 Å². The van der Waals surface area contributed by atoms with Crippen LogP contribution < -0.4 is 5.73 Å². The van der Waals surface area contributed by atoms with Gasteiger partial charge in [0.2, 0.25) is 10.0 Å². The van der Waals surface area contributed by atoms with Crippen molar-refractivity contribution in [3.8, 4) is 0 Å². The number of halogens is 1. The molecule has 0 aliphatic carbocycles. The predicted octanol–water partition coefficient (Wildman–Crippen LogP) is 2.84. The number of hydrogen-bond acceptors (Lipinski definition) is 3. The molecule has 0 heterocycles. The van der Waals surface area contributed by atoms with Crippen molar-refractivity contribution < 1.29 is 8.42 Å². The molecule has 0 saturated heterocycles. The Labute approximate surface area is 117 Å². The molecule has 0 fully saturated rings. The summed E-state index contributed by atoms with van der Waals surface area (Å²) in [5.41, 5.74) is 6.19. The molecular weight excluding hydrogens is 316 g/mol. The quantitative estimate of drug-likeness (QED) is 0.842. The molecule has 1 aromatic carbocycles. The summed E-state index contributed by atoms with van der Waals surface area (Å²) in [6.07, 6.45) is 1.59. The monoisotopic (exact) mass is 334 g/mol. The Balaban J connectivity index is 3.16. The fourth-order valence-electron chi connectivity index (χ4n) is 1.83. The molecule has 0 saturated carbocycles. The number of nitrogen functional groups attached to an aromatic ring is 1. The van der Waals surface area contributed by atoms with Crippen LogP contribution in [0, 0.1) is 0 Å². The van der Waals surface area contributed by atoms with E-state index >= 15 is 0 Å². The van der Waals surface area contributed by atoms with E-state index in [0.717, 1.165) is 12.8 Å². The van der Waals surface area contributed by atoms with Crippen molar-refractivity contribution in [2.24, 2.45) is 0 Å². The van der Waals surface area contributed by atoms with Crippen molar-refractivity contribution in [1.29, 1.82) is 0 Å². The molecule has 0 spiro atoms. The molecule has 1 rings (SSSR count). The van der Waals surface area contributed by atoms with E-state index in [-0.39, 0.29) is 10.9 Å². The van der Waals surface area contributed by atoms with Crippen molar-refractivity contribution in [2.45, 2.75) is 37.6 Å². The first-order valence-electron chi connectivity index (χ1n) is 5.87. The zero-order valence-electron chi connectivity index (χ0n) is 10.9. The van der Waals surface area contributed by atoms with Gasteiger partial charge in [0.15, 0.2) is 0 Å². The number of benzene rings is 1. The minimum absolute atomic E-state index is 0.0197. The van der Waals surface area contributed by atoms with Gasteiger partial charge in [0, 0.05) is 23.2 Å². The highest BCUT2D eigenvalue weighted by atomic mass is 79.9. The standard InChI is InChI=1S/C12H19BrN2O2S/c1-4-9(5-2)15(3)18(16,17)10-6-7-12(14)11(13)8-10/h6-9H,4-5,14H2,1-3H3. The molecule has 102 valence electrons. The minimum Gasteiger partial charge on any atom is -0.398 e. The average Bonchev–Trinajstić information content (AvgIpc) is 2.33. The Hall–Kier alpha value is -0.590. The Morgan fingerprint density at radius 3 is 2.33 bits per heavy atom. The highest BCUT2D eigenvalue weighted by Gasteiger charge is 2.26. The Morgan fingerprint density at radius 2 is 1.89 bits per heavy atom. The number of rotatable bonds is 5. The van der Waals surface area contributed by atoms with Crippen LogP contribution >= 0.6 is 15.9 Å². The van der Waals surface area contributed by atoms with Crippen molar-refractivity contribution in [2.75, 3.05) is 12.8 Å². The lowest BCUT2D eigenvalue weighted by molar-refractivity contribution is 0.349. The third-order valence-electron chi connectivity index (χ3n) is 3.11. The second-order valence-electron chi connectivity index (χ2n) is 4.17. The minimum atomic E-state index is -3.45. The maximum absolute atomic E-state index is 12.4. The molecule has 0 radical (unpaired) electrons. The van der Waals surface area contributed by atoms with E-state index in [1.807, 2.05) is 13.8 Å². The lowest BCUT2D eigenvalue weighted by atomic mass is 10.2. The first-order valence-corrected chi connectivity index (χ1v) is 8.10. The molecule has 0 atom stereocenters. The lowest BCUT2D eigenvalue weighted by Crippen LogP contribution is -2.36. The van der Waals surface area contributed by atoms with Crippen LogP contribution in [0.3, 0.4) is 0 Å². The zero-order chi connectivity index (χ0) is 13.9. The van der Waals surface area contributed by atoms with Gasteiger partial charge in [-0.25, -0.2) is 8.42 Å². The van der Waals surface area contributed by atoms with Gasteiger partial charge in [-0.15, -0.1) is 0 Å². The SMILES string of the molecule is CCC(CC)N(C)S(=O)(=O)c1ccc(N)c(Br)c1. The molecule has 0 amide bonds. The van der Waals surface area contributed by atoms with Crippen LogP contribution in [0.4, 0.5) is 5.69 Å². The van der Waals surface area contributed by atoms with Crippen molar-refractivity contribution >= 4 is 31.6 Å². The van der Waals surface area contributed by atoms with Crippen molar-refractivity contribution in [3.05, 3.63) is 22.7 Å². The number of nitrogens with zero attached hydrogens (tertiary/aromatic N) is 1. The molecule has 1 aromatic rings. The molecule has 0 bridgehead atoms. The van der Waals surface area contributed by atoms with Gasteiger partial charge in [0.25, 0.3) is 0 Å². The molecule has 18 heavy (non-hydrogen) atoms. The van der Waals surface area contributed by atoms with E-state index in [4.69, 9.17) is 5.73 Å². The molecule has 0 aliphatic heterocycles. The van der Waals surface area contributed by atoms with Crippen LogP contribution in [-0.2, 0) is 10.0 Å². The second kappa shape index (κ2) is 6.04. The number of anilines is 1. The van der Waals surface area contributed by atoms with E-state index in [2.05, 4.69) is 15.9 Å². The van der Waals surface area contributed by atoms with Gasteiger partial charge in [-0.05, 0) is 47.0 Å². The van der Waals surface area contributed by atoms with Gasteiger partial charge < -0.3 is 5.73 Å². The highest BCUT2D eigenvalue weighted by Crippen LogP contribution is 2.26. The maximum atomic E-state index is 12.4. The Kier molecular flexibility index (Phi) is 5.19. The third kappa shape index (κ3) is 3.05. The summed E-state index contributed by atoms with van der Waals surface area (Å²) in [6.45, 7) is 3.97. The number of nitrogens with two attached hydrogens (primary N) is 1. The molecule has 0 aliphatic rings. The molecule has 0 aromatic heterocycles. The molecule has 6 heteroatoms. The maximum Gasteiger partial charge on any atom is 0.243 e. The van der Waals surface area contributed by atoms with Crippen LogP contribution in [0.25, 0.3) is 0 Å². The summed E-state index contributed by atoms with van der Waals surface area (Å²) in [5.74, 6) is 0. The van der Waals surface area contributed by atoms with Crippen LogP contribution in [0.15, 0.2) is 27.6 Å². The summed E-state index contributed by atoms with van der Waals surface area (Å²) >= 11 is 3.25. The van der Waals surface area contributed by atoms with Gasteiger partial charge in [-0.3, -0.25) is 0 Å². The van der Waals surface area contributed by atoms with Gasteiger partial charge in [0.05, 0.1) is 4.90 Å². The molecule has 0 unspecified atom stereocenters. The van der Waals surface area contributed by atoms with Crippen molar-refractivity contribution in [3.63, 3.8) is 0 Å². The van der Waals surface area contributed by atoms with Crippen LogP contribution in [0.1, 0.15) is 26.7 Å². The summed E-state index contributed by atoms with van der Waals surface area (Å²) < 4.78 is 26.9. The van der Waals surface area contributed by atoms with Gasteiger partial charge >= 0.3 is 0 Å². The summed E-state index contributed by atoms with van der Waals surface area (Å²) in [6, 6.07) is 4.70. The summed E-state index contributed by atoms with van der Waals surface area (Å²) in [5, 5.41) is 0. The smallest absolute Gasteiger partial charge is 0.243 e. The summed E-state index contributed by atoms with van der Waals surface area (Å²) in [7, 11) is -1.83. The number of sulfonamides is 1. The largest absolute Gasteiger partial charge is 0.398 e. The highest BCUT2D eigenvalue weighted by molar-refractivity contribution is 9.10. The van der Waals surface area contributed by atoms with Crippen LogP contribution in [0.5, 0.6) is 0 Å². The fraction of sp³-hybridized carbons (Fsp3) is 0.500. The van der Waals surface area contributed by atoms with E-state index < -0.39 is 10.0 Å². The summed E-state index contributed by atoms with van der Waals surface area (Å²) in [4.78, 5) is 0.262. The first kappa shape index (κ1) is 15.5. The molecular formula is C12H19BrN2O2S. The van der Waals surface area contributed by atoms with Crippen molar-refractivity contribution in [1.82, 2.24) is 4.31 Å². The predicted molar refractivity (Wildman–Crippen MR) is 77.9 cm³/mol. The Morgan fingerprint density at radius 1 is 1.33 bits per heavy atom. The number of hydrogen-bond donors (Lipinski definition) is 1. The van der Waals surface area contributed by atoms with Gasteiger partial charge in [-0.2, -0.15) is 4.31 Å². The first-order chi connectivity index (χ1) is 8.34. The van der Waals surface area contributed by atoms with E-state index in [1.54, 1.807) is 19.2 Å². The molecule has 4 nitrogen and oxygen atoms in total. The molecule has 2 N–H and O–H groups in total. The van der Waals surface area contributed by atoms with E-state index in [9.17, 15) is 8.42 Å². The average molecular weight is 335 g/mol. The van der Waals surface area contributed by atoms with Crippen LogP contribution in [-0.4, -0.2) is 25.8 Å². The second-order valence-corrected chi connectivity index (χ2v) is 7.03. The van der Waals surface area contributed by atoms with Crippen LogP contribution in [0.2, 0.25) is 0 Å². The normalized spacial score (nSPS) is 12.3. The lowest BCUT2D eigenvalue weighted by Gasteiger charge is -2.25. The zero-order valence-corrected chi connectivity index (χ0v) is 13.3. The Bertz CT molecular complexity index is 513. The van der Waals surface area contributed by atoms with Gasteiger partial charge in [-0.1, -0.05) is 13.8 Å². The topological polar surface area (TPSA) is 63.4 Å². The third-order valence-corrected chi connectivity index (χ3v) is 5.70. The van der Waals surface area contributed by atoms with E-state index in [0.29, 0.717) is 10.2 Å². The van der Waals surface area contributed by atoms with Gasteiger partial charge in [0.1, 0.15) is 0 Å². The fourth-order valence-corrected chi connectivity index (χ4v) is 3.89.